The molecule has 0 aliphatic carbocycles. The molecule has 0 aromatic carbocycles. The van der Waals surface area contributed by atoms with Gasteiger partial charge in [0.05, 0.1) is 12.9 Å². The average molecular weight is 353 g/mol. The van der Waals surface area contributed by atoms with Gasteiger partial charge >= 0.3 is 0 Å². The third-order valence-corrected chi connectivity index (χ3v) is 2.71. The first-order chi connectivity index (χ1) is 7.74. The van der Waals surface area contributed by atoms with Gasteiger partial charge in [0, 0.05) is 32.1 Å². The van der Waals surface area contributed by atoms with Crippen LogP contribution in [0.25, 0.3) is 0 Å². The van der Waals surface area contributed by atoms with Gasteiger partial charge in [-0.15, -0.1) is 24.0 Å². The van der Waals surface area contributed by atoms with Gasteiger partial charge in [-0.2, -0.15) is 0 Å². The molecule has 0 bridgehead atoms. The Bertz CT molecular complexity index is 291. The maximum atomic E-state index is 5.32. The van der Waals surface area contributed by atoms with E-state index in [0.29, 0.717) is 0 Å². The number of likely N-dealkylation sites (N-methyl/N-ethyl adjacent to an activating group) is 1. The second-order valence-corrected chi connectivity index (χ2v) is 4.10. The molecule has 1 rings (SSSR count). The molecule has 0 spiro atoms. The highest BCUT2D eigenvalue weighted by Crippen LogP contribution is 2.01. The highest BCUT2D eigenvalue weighted by molar-refractivity contribution is 14.0. The van der Waals surface area contributed by atoms with Crippen LogP contribution in [0.2, 0.25) is 0 Å². The Labute approximate surface area is 121 Å². The number of halogens is 1. The number of aryl methyl sites for hydroxylation is 2. The highest BCUT2D eigenvalue weighted by atomic mass is 127. The average Bonchev–Trinajstić information content (AvgIpc) is 2.65. The van der Waals surface area contributed by atoms with Gasteiger partial charge in [0.15, 0.2) is 0 Å². The molecule has 5 heteroatoms. The molecule has 17 heavy (non-hydrogen) atoms. The van der Waals surface area contributed by atoms with E-state index in [4.69, 9.17) is 4.74 Å². The number of ether oxygens (including phenoxy) is 1. The zero-order chi connectivity index (χ0) is 11.8. The molecule has 0 radical (unpaired) electrons. The van der Waals surface area contributed by atoms with Crippen LogP contribution in [0.1, 0.15) is 19.0 Å². The van der Waals surface area contributed by atoms with Crippen molar-refractivity contribution >= 4 is 24.0 Å². The first-order valence-corrected chi connectivity index (χ1v) is 5.95. The Kier molecular flexibility index (Phi) is 9.76. The van der Waals surface area contributed by atoms with E-state index in [1.807, 2.05) is 26.5 Å². The lowest BCUT2D eigenvalue weighted by Gasteiger charge is -2.16. The van der Waals surface area contributed by atoms with E-state index in [-0.39, 0.29) is 24.0 Å². The molecule has 0 fully saturated rings. The number of hydrogen-bond acceptors (Lipinski definition) is 3. The monoisotopic (exact) mass is 353 g/mol. The molecule has 1 aromatic heterocycles. The molecule has 1 aromatic rings. The number of hydrogen-bond donors (Lipinski definition) is 0. The predicted molar refractivity (Wildman–Crippen MR) is 80.9 cm³/mol. The lowest BCUT2D eigenvalue weighted by atomic mass is 10.2. The molecule has 1 heterocycles. The van der Waals surface area contributed by atoms with E-state index >= 15 is 0 Å². The number of nitrogens with zero attached hydrogens (tertiary/aromatic N) is 3. The summed E-state index contributed by atoms with van der Waals surface area (Å²) < 4.78 is 7.40. The molecular formula is C12H24IN3O. The number of rotatable bonds is 8. The third kappa shape index (κ3) is 7.00. The van der Waals surface area contributed by atoms with E-state index in [2.05, 4.69) is 21.5 Å². The summed E-state index contributed by atoms with van der Waals surface area (Å²) in [5, 5.41) is 0. The van der Waals surface area contributed by atoms with E-state index in [0.717, 1.165) is 32.7 Å². The van der Waals surface area contributed by atoms with Crippen LogP contribution in [0.3, 0.4) is 0 Å². The fourth-order valence-electron chi connectivity index (χ4n) is 1.63. The molecule has 0 saturated carbocycles. The van der Waals surface area contributed by atoms with Crippen LogP contribution in [0.5, 0.6) is 0 Å². The Morgan fingerprint density at radius 3 is 2.76 bits per heavy atom. The van der Waals surface area contributed by atoms with Gasteiger partial charge in [-0.3, -0.25) is 0 Å². The topological polar surface area (TPSA) is 30.3 Å². The zero-order valence-corrected chi connectivity index (χ0v) is 13.4. The Morgan fingerprint density at radius 1 is 1.41 bits per heavy atom. The Hall–Kier alpha value is -0.140. The smallest absolute Gasteiger partial charge is 0.0945 e. The van der Waals surface area contributed by atoms with E-state index < -0.39 is 0 Å². The maximum Gasteiger partial charge on any atom is 0.0945 e. The van der Waals surface area contributed by atoms with Crippen molar-refractivity contribution in [3.63, 3.8) is 0 Å². The van der Waals surface area contributed by atoms with Crippen LogP contribution in [0, 0.1) is 0 Å². The standard InChI is InChI=1S/C12H23N3O.HI/c1-4-16-9-8-14(2)7-5-6-12-10-13-11-15(12)3;/h10-11H,4-9H2,1-3H3;1H. The molecule has 0 aliphatic heterocycles. The summed E-state index contributed by atoms with van der Waals surface area (Å²) in [5.74, 6) is 0. The summed E-state index contributed by atoms with van der Waals surface area (Å²) in [6.45, 7) is 5.79. The summed E-state index contributed by atoms with van der Waals surface area (Å²) in [6.07, 6.45) is 6.06. The molecule has 0 N–H and O–H groups in total. The first kappa shape index (κ1) is 16.9. The molecule has 0 aliphatic rings. The van der Waals surface area contributed by atoms with Gasteiger partial charge in [0.1, 0.15) is 0 Å². The summed E-state index contributed by atoms with van der Waals surface area (Å²) in [7, 11) is 4.18. The largest absolute Gasteiger partial charge is 0.380 e. The second-order valence-electron chi connectivity index (χ2n) is 4.10. The van der Waals surface area contributed by atoms with Crippen LogP contribution < -0.4 is 0 Å². The fourth-order valence-corrected chi connectivity index (χ4v) is 1.63. The summed E-state index contributed by atoms with van der Waals surface area (Å²) in [6, 6.07) is 0. The summed E-state index contributed by atoms with van der Waals surface area (Å²) in [4.78, 5) is 6.42. The van der Waals surface area contributed by atoms with Crippen molar-refractivity contribution in [1.29, 1.82) is 0 Å². The molecule has 0 atom stereocenters. The fraction of sp³-hybridized carbons (Fsp3) is 0.750. The van der Waals surface area contributed by atoms with Gasteiger partial charge in [-0.05, 0) is 33.4 Å². The number of aromatic nitrogens is 2. The van der Waals surface area contributed by atoms with Gasteiger partial charge < -0.3 is 14.2 Å². The van der Waals surface area contributed by atoms with Crippen molar-refractivity contribution in [2.24, 2.45) is 7.05 Å². The quantitative estimate of drug-likeness (QED) is 0.529. The van der Waals surface area contributed by atoms with E-state index in [1.165, 1.54) is 12.1 Å². The molecular weight excluding hydrogens is 329 g/mol. The van der Waals surface area contributed by atoms with E-state index in [1.54, 1.807) is 0 Å². The minimum atomic E-state index is 0. The van der Waals surface area contributed by atoms with Crippen molar-refractivity contribution < 1.29 is 4.74 Å². The maximum absolute atomic E-state index is 5.32. The van der Waals surface area contributed by atoms with Crippen LogP contribution >= 0.6 is 24.0 Å². The minimum absolute atomic E-state index is 0. The van der Waals surface area contributed by atoms with Gasteiger partial charge in [-0.25, -0.2) is 4.98 Å². The predicted octanol–water partition coefficient (Wildman–Crippen LogP) is 1.94. The second kappa shape index (κ2) is 9.85. The molecule has 4 nitrogen and oxygen atoms in total. The van der Waals surface area contributed by atoms with Crippen molar-refractivity contribution in [2.45, 2.75) is 19.8 Å². The van der Waals surface area contributed by atoms with Gasteiger partial charge in [0.2, 0.25) is 0 Å². The third-order valence-electron chi connectivity index (χ3n) is 2.71. The molecule has 0 saturated heterocycles. The summed E-state index contributed by atoms with van der Waals surface area (Å²) >= 11 is 0. The molecule has 0 amide bonds. The van der Waals surface area contributed by atoms with Crippen LogP contribution in [-0.2, 0) is 18.2 Å². The first-order valence-electron chi connectivity index (χ1n) is 5.95. The van der Waals surface area contributed by atoms with Crippen molar-refractivity contribution in [1.82, 2.24) is 14.5 Å². The van der Waals surface area contributed by atoms with Gasteiger partial charge in [-0.1, -0.05) is 0 Å². The summed E-state index contributed by atoms with van der Waals surface area (Å²) in [5.41, 5.74) is 1.30. The van der Waals surface area contributed by atoms with Gasteiger partial charge in [0.25, 0.3) is 0 Å². The highest BCUT2D eigenvalue weighted by Gasteiger charge is 2.01. The SMILES string of the molecule is CCOCCN(C)CCCc1cncn1C.I. The number of imidazole rings is 1. The zero-order valence-electron chi connectivity index (χ0n) is 11.1. The van der Waals surface area contributed by atoms with Crippen molar-refractivity contribution in [3.05, 3.63) is 18.2 Å². The van der Waals surface area contributed by atoms with E-state index in [9.17, 15) is 0 Å². The van der Waals surface area contributed by atoms with Crippen molar-refractivity contribution in [3.8, 4) is 0 Å². The molecule has 100 valence electrons. The van der Waals surface area contributed by atoms with Crippen molar-refractivity contribution in [2.75, 3.05) is 33.4 Å². The lowest BCUT2D eigenvalue weighted by molar-refractivity contribution is 0.122. The van der Waals surface area contributed by atoms with Crippen LogP contribution in [-0.4, -0.2) is 47.8 Å². The van der Waals surface area contributed by atoms with Crippen LogP contribution in [0.15, 0.2) is 12.5 Å². The van der Waals surface area contributed by atoms with Crippen LogP contribution in [0.4, 0.5) is 0 Å². The molecule has 0 unspecified atom stereocenters. The normalized spacial score (nSPS) is 10.6. The Morgan fingerprint density at radius 2 is 2.18 bits per heavy atom. The Balaban J connectivity index is 0.00000256. The minimum Gasteiger partial charge on any atom is -0.380 e. The lowest BCUT2D eigenvalue weighted by Crippen LogP contribution is -2.24.